The molecule has 0 aliphatic rings. The van der Waals surface area contributed by atoms with Crippen molar-refractivity contribution >= 4 is 11.0 Å². The summed E-state index contributed by atoms with van der Waals surface area (Å²) in [4.78, 5) is 0.416. The van der Waals surface area contributed by atoms with Crippen molar-refractivity contribution < 1.29 is 17.4 Å². The van der Waals surface area contributed by atoms with Gasteiger partial charge in [0.2, 0.25) is 0 Å². The van der Waals surface area contributed by atoms with E-state index >= 15 is 0 Å². The van der Waals surface area contributed by atoms with Gasteiger partial charge >= 0.3 is 6.18 Å². The van der Waals surface area contributed by atoms with Crippen LogP contribution in [-0.4, -0.2) is 9.78 Å². The van der Waals surface area contributed by atoms with Crippen LogP contribution in [0.25, 0.3) is 16.9 Å². The summed E-state index contributed by atoms with van der Waals surface area (Å²) in [6.45, 7) is 1.90. The van der Waals surface area contributed by atoms with Crippen molar-refractivity contribution in [1.82, 2.24) is 9.78 Å². The quantitative estimate of drug-likeness (QED) is 0.566. The molecule has 3 rings (SSSR count). The summed E-state index contributed by atoms with van der Waals surface area (Å²) < 4.78 is 51.9. The highest BCUT2D eigenvalue weighted by molar-refractivity contribution is 7.82. The molecule has 25 heavy (non-hydrogen) atoms. The van der Waals surface area contributed by atoms with Crippen molar-refractivity contribution in [3.8, 4) is 16.9 Å². The SMILES string of the molecule is Cc1ccc(-c2cc(C(F)(F)F)nn2-c2ccc([SH+](N)=O)cc2)cc1. The highest BCUT2D eigenvalue weighted by atomic mass is 32.2. The number of aryl methyl sites for hydroxylation is 1. The summed E-state index contributed by atoms with van der Waals surface area (Å²) >= 11 is 0. The second kappa shape index (κ2) is 6.45. The Kier molecular flexibility index (Phi) is 4.49. The standard InChI is InChI=1S/C17H14F3N3OS/c1-11-2-4-12(5-3-11)15-10-16(17(18,19)20)22-23(15)13-6-8-14(9-7-13)25(21)24/h2-10H,1H3,(H2,21,24)/p+1. The van der Waals surface area contributed by atoms with E-state index in [9.17, 15) is 17.4 Å². The Morgan fingerprint density at radius 2 is 1.64 bits per heavy atom. The van der Waals surface area contributed by atoms with Gasteiger partial charge in [0.15, 0.2) is 21.6 Å². The van der Waals surface area contributed by atoms with Crippen molar-refractivity contribution in [2.24, 2.45) is 5.14 Å². The van der Waals surface area contributed by atoms with Crippen LogP contribution in [-0.2, 0) is 21.4 Å². The molecule has 0 saturated carbocycles. The van der Waals surface area contributed by atoms with Crippen LogP contribution in [0.1, 0.15) is 11.3 Å². The Balaban J connectivity index is 2.15. The third-order valence-corrected chi connectivity index (χ3v) is 4.50. The number of hydrogen-bond donors (Lipinski definition) is 1. The van der Waals surface area contributed by atoms with Crippen LogP contribution in [0.4, 0.5) is 13.2 Å². The number of hydrogen-bond acceptors (Lipinski definition) is 2. The van der Waals surface area contributed by atoms with E-state index in [0.717, 1.165) is 11.6 Å². The fourth-order valence-corrected chi connectivity index (χ4v) is 2.83. The van der Waals surface area contributed by atoms with Crippen molar-refractivity contribution in [1.29, 1.82) is 0 Å². The third kappa shape index (κ3) is 3.64. The van der Waals surface area contributed by atoms with Crippen LogP contribution in [0.3, 0.4) is 0 Å². The van der Waals surface area contributed by atoms with Gasteiger partial charge in [0.1, 0.15) is 0 Å². The predicted molar refractivity (Wildman–Crippen MR) is 90.6 cm³/mol. The number of alkyl halides is 3. The monoisotopic (exact) mass is 366 g/mol. The van der Waals surface area contributed by atoms with Gasteiger partial charge in [-0.3, -0.25) is 0 Å². The van der Waals surface area contributed by atoms with E-state index in [1.54, 1.807) is 24.3 Å². The molecule has 0 bridgehead atoms. The first kappa shape index (κ1) is 17.4. The van der Waals surface area contributed by atoms with Crippen LogP contribution in [0, 0.1) is 6.92 Å². The van der Waals surface area contributed by atoms with Gasteiger partial charge in [-0.25, -0.2) is 4.68 Å². The first-order valence-electron chi connectivity index (χ1n) is 7.32. The number of benzene rings is 2. The van der Waals surface area contributed by atoms with Crippen LogP contribution < -0.4 is 5.14 Å². The maximum absolute atomic E-state index is 13.1. The second-order valence-corrected chi connectivity index (χ2v) is 6.70. The molecule has 2 N–H and O–H groups in total. The van der Waals surface area contributed by atoms with Crippen molar-refractivity contribution in [2.45, 2.75) is 18.0 Å². The molecule has 8 heteroatoms. The van der Waals surface area contributed by atoms with Crippen LogP contribution in [0.2, 0.25) is 0 Å². The van der Waals surface area contributed by atoms with Gasteiger partial charge in [0.05, 0.1) is 11.4 Å². The van der Waals surface area contributed by atoms with Crippen molar-refractivity contribution in [3.05, 3.63) is 65.9 Å². The lowest BCUT2D eigenvalue weighted by atomic mass is 10.1. The Hall–Kier alpha value is -2.45. The molecule has 3 aromatic rings. The predicted octanol–water partition coefficient (Wildman–Crippen LogP) is 3.80. The van der Waals surface area contributed by atoms with E-state index < -0.39 is 22.9 Å². The highest BCUT2D eigenvalue weighted by Crippen LogP contribution is 2.33. The summed E-state index contributed by atoms with van der Waals surface area (Å²) in [5.41, 5.74) is 1.38. The minimum atomic E-state index is -4.55. The summed E-state index contributed by atoms with van der Waals surface area (Å²) in [5.74, 6) is 0. The molecule has 4 nitrogen and oxygen atoms in total. The van der Waals surface area contributed by atoms with Gasteiger partial charge in [-0.2, -0.15) is 18.3 Å². The Morgan fingerprint density at radius 1 is 1.04 bits per heavy atom. The number of halogens is 3. The van der Waals surface area contributed by atoms with E-state index in [1.165, 1.54) is 16.8 Å². The van der Waals surface area contributed by atoms with Crippen LogP contribution in [0.5, 0.6) is 0 Å². The van der Waals surface area contributed by atoms with E-state index in [0.29, 0.717) is 21.8 Å². The summed E-state index contributed by atoms with van der Waals surface area (Å²) in [7, 11) is -2.01. The fourth-order valence-electron chi connectivity index (χ4n) is 2.39. The molecule has 130 valence electrons. The van der Waals surface area contributed by atoms with Crippen molar-refractivity contribution in [2.75, 3.05) is 0 Å². The summed E-state index contributed by atoms with van der Waals surface area (Å²) in [6, 6.07) is 14.3. The molecule has 0 spiro atoms. The van der Waals surface area contributed by atoms with Gasteiger partial charge in [0, 0.05) is 5.56 Å². The first-order chi connectivity index (χ1) is 11.8. The highest BCUT2D eigenvalue weighted by Gasteiger charge is 2.35. The Labute approximate surface area is 144 Å². The van der Waals surface area contributed by atoms with E-state index in [2.05, 4.69) is 5.10 Å². The number of rotatable bonds is 3. The lowest BCUT2D eigenvalue weighted by molar-refractivity contribution is -0.141. The number of thiol groups is 1. The molecular weight excluding hydrogens is 351 g/mol. The zero-order valence-electron chi connectivity index (χ0n) is 13.2. The maximum atomic E-state index is 13.1. The smallest absolute Gasteiger partial charge is 0.232 e. The molecule has 1 heterocycles. The minimum absolute atomic E-state index is 0.317. The summed E-state index contributed by atoms with van der Waals surface area (Å²) in [5, 5.41) is 9.05. The third-order valence-electron chi connectivity index (χ3n) is 3.70. The van der Waals surface area contributed by atoms with Gasteiger partial charge in [-0.05, 0) is 37.3 Å². The molecule has 0 saturated heterocycles. The van der Waals surface area contributed by atoms with Crippen LogP contribution in [0.15, 0.2) is 59.5 Å². The molecule has 0 aliphatic heterocycles. The largest absolute Gasteiger partial charge is 0.435 e. The molecule has 0 aliphatic carbocycles. The average molecular weight is 366 g/mol. The lowest BCUT2D eigenvalue weighted by Gasteiger charge is -2.08. The normalized spacial score (nSPS) is 13.0. The molecule has 1 atom stereocenters. The topological polar surface area (TPSA) is 60.9 Å². The Morgan fingerprint density at radius 3 is 2.16 bits per heavy atom. The molecule has 1 unspecified atom stereocenters. The van der Waals surface area contributed by atoms with E-state index in [1.807, 2.05) is 19.1 Å². The van der Waals surface area contributed by atoms with Gasteiger partial charge < -0.3 is 0 Å². The minimum Gasteiger partial charge on any atom is -0.232 e. The molecule has 2 aromatic carbocycles. The van der Waals surface area contributed by atoms with Gasteiger partial charge in [-0.15, -0.1) is 5.14 Å². The maximum Gasteiger partial charge on any atom is 0.435 e. The Bertz CT molecular complexity index is 916. The zero-order valence-corrected chi connectivity index (χ0v) is 14.1. The van der Waals surface area contributed by atoms with Gasteiger partial charge in [-0.1, -0.05) is 34.0 Å². The molecule has 0 radical (unpaired) electrons. The number of aromatic nitrogens is 2. The van der Waals surface area contributed by atoms with Gasteiger partial charge in [0.25, 0.3) is 0 Å². The fraction of sp³-hybridized carbons (Fsp3) is 0.118. The van der Waals surface area contributed by atoms with Crippen LogP contribution >= 0.6 is 0 Å². The second-order valence-electron chi connectivity index (χ2n) is 5.53. The van der Waals surface area contributed by atoms with E-state index in [-0.39, 0.29) is 0 Å². The molecular formula is C17H15F3N3OS+. The van der Waals surface area contributed by atoms with Crippen molar-refractivity contribution in [3.63, 3.8) is 0 Å². The number of nitrogens with two attached hydrogens (primary N) is 1. The molecule has 0 fully saturated rings. The summed E-state index contributed by atoms with van der Waals surface area (Å²) in [6.07, 6.45) is -4.55. The molecule has 0 amide bonds. The average Bonchev–Trinajstić information content (AvgIpc) is 3.01. The lowest BCUT2D eigenvalue weighted by Crippen LogP contribution is -2.07. The molecule has 1 aromatic heterocycles. The van der Waals surface area contributed by atoms with E-state index in [4.69, 9.17) is 5.14 Å². The first-order valence-corrected chi connectivity index (χ1v) is 8.65. The zero-order chi connectivity index (χ0) is 18.2. The number of nitrogens with zero attached hydrogens (tertiary/aromatic N) is 2.